The number of aliphatic hydroxyl groups excluding tert-OH is 1. The molecule has 2 aromatic rings. The average Bonchev–Trinajstić information content (AvgIpc) is 2.68. The van der Waals surface area contributed by atoms with Crippen LogP contribution in [0.25, 0.3) is 0 Å². The first-order valence-electron chi connectivity index (χ1n) is 8.73. The molecule has 0 aliphatic carbocycles. The van der Waals surface area contributed by atoms with Gasteiger partial charge in [0.2, 0.25) is 0 Å². The Hall–Kier alpha value is -1.95. The molecule has 6 heteroatoms. The second-order valence-electron chi connectivity index (χ2n) is 6.39. The molecule has 1 atom stereocenters. The van der Waals surface area contributed by atoms with Crippen molar-refractivity contribution >= 4 is 17.3 Å². The lowest BCUT2D eigenvalue weighted by Crippen LogP contribution is -2.47. The molecule has 1 heterocycles. The van der Waals surface area contributed by atoms with Crippen molar-refractivity contribution in [3.8, 4) is 11.5 Å². The molecule has 0 aromatic heterocycles. The molecular formula is C20H25ClN2O3. The van der Waals surface area contributed by atoms with Gasteiger partial charge in [-0.3, -0.25) is 4.90 Å². The van der Waals surface area contributed by atoms with Crippen LogP contribution in [0.3, 0.4) is 0 Å². The fourth-order valence-electron chi connectivity index (χ4n) is 3.28. The largest absolute Gasteiger partial charge is 0.497 e. The van der Waals surface area contributed by atoms with Crippen molar-refractivity contribution in [2.45, 2.75) is 6.10 Å². The Balaban J connectivity index is 1.60. The van der Waals surface area contributed by atoms with E-state index in [2.05, 4.69) is 9.80 Å². The minimum absolute atomic E-state index is 0.567. The van der Waals surface area contributed by atoms with Crippen LogP contribution in [0, 0.1) is 0 Å². The molecular weight excluding hydrogens is 352 g/mol. The van der Waals surface area contributed by atoms with Crippen molar-refractivity contribution in [3.05, 3.63) is 53.1 Å². The van der Waals surface area contributed by atoms with Crippen LogP contribution in [0.15, 0.2) is 42.5 Å². The number of ether oxygens (including phenoxy) is 2. The van der Waals surface area contributed by atoms with Gasteiger partial charge in [-0.15, -0.1) is 0 Å². The number of β-amino-alcohol motifs (C(OH)–C–C–N with tert-alkyl or cyclic N) is 1. The van der Waals surface area contributed by atoms with Crippen molar-refractivity contribution in [2.75, 3.05) is 51.8 Å². The van der Waals surface area contributed by atoms with Gasteiger partial charge in [0.1, 0.15) is 11.5 Å². The zero-order valence-corrected chi connectivity index (χ0v) is 15.9. The lowest BCUT2D eigenvalue weighted by atomic mass is 10.1. The molecule has 3 rings (SSSR count). The van der Waals surface area contributed by atoms with E-state index in [-0.39, 0.29) is 0 Å². The molecule has 0 spiro atoms. The van der Waals surface area contributed by atoms with Gasteiger partial charge in [-0.1, -0.05) is 11.6 Å². The predicted octanol–water partition coefficient (Wildman–Crippen LogP) is 3.21. The summed E-state index contributed by atoms with van der Waals surface area (Å²) in [5, 5.41) is 11.5. The van der Waals surface area contributed by atoms with Crippen LogP contribution in [0.5, 0.6) is 11.5 Å². The normalized spacial score (nSPS) is 16.4. The molecule has 2 aromatic carbocycles. The summed E-state index contributed by atoms with van der Waals surface area (Å²) in [4.78, 5) is 4.61. The molecule has 1 saturated heterocycles. The van der Waals surface area contributed by atoms with Crippen molar-refractivity contribution in [3.63, 3.8) is 0 Å². The number of piperazine rings is 1. The summed E-state index contributed by atoms with van der Waals surface area (Å²) in [6.07, 6.45) is -0.623. The average molecular weight is 377 g/mol. The van der Waals surface area contributed by atoms with Gasteiger partial charge in [-0.25, -0.2) is 0 Å². The standard InChI is InChI=1S/C20H25ClN2O3/c1-25-17-7-8-20(26-2)18(13-17)19(24)14-22-9-11-23(12-10-22)16-5-3-15(21)4-6-16/h3-8,13,19,24H,9-12,14H2,1-2H3/t19-/m0/s1. The number of benzene rings is 2. The highest BCUT2D eigenvalue weighted by Crippen LogP contribution is 2.30. The molecule has 0 amide bonds. The number of anilines is 1. The van der Waals surface area contributed by atoms with Gasteiger partial charge in [0, 0.05) is 49.0 Å². The van der Waals surface area contributed by atoms with E-state index in [9.17, 15) is 5.11 Å². The molecule has 1 aliphatic heterocycles. The third-order valence-electron chi connectivity index (χ3n) is 4.79. The first kappa shape index (κ1) is 18.8. The molecule has 0 unspecified atom stereocenters. The van der Waals surface area contributed by atoms with Crippen molar-refractivity contribution in [1.82, 2.24) is 4.90 Å². The van der Waals surface area contributed by atoms with Crippen LogP contribution in [-0.2, 0) is 0 Å². The summed E-state index contributed by atoms with van der Waals surface area (Å²) in [7, 11) is 3.23. The molecule has 26 heavy (non-hydrogen) atoms. The predicted molar refractivity (Wildman–Crippen MR) is 105 cm³/mol. The molecule has 1 N–H and O–H groups in total. The Kier molecular flexibility index (Phi) is 6.25. The molecule has 5 nitrogen and oxygen atoms in total. The molecule has 0 radical (unpaired) electrons. The summed E-state index contributed by atoms with van der Waals surface area (Å²) in [6, 6.07) is 13.4. The number of halogens is 1. The van der Waals surface area contributed by atoms with Gasteiger partial charge in [0.15, 0.2) is 0 Å². The number of rotatable bonds is 6. The van der Waals surface area contributed by atoms with Crippen LogP contribution in [0.1, 0.15) is 11.7 Å². The second kappa shape index (κ2) is 8.62. The van der Waals surface area contributed by atoms with E-state index in [4.69, 9.17) is 21.1 Å². The van der Waals surface area contributed by atoms with Crippen LogP contribution in [-0.4, -0.2) is 56.9 Å². The van der Waals surface area contributed by atoms with Crippen LogP contribution in [0.2, 0.25) is 5.02 Å². The molecule has 0 bridgehead atoms. The maximum Gasteiger partial charge on any atom is 0.124 e. The van der Waals surface area contributed by atoms with Crippen LogP contribution < -0.4 is 14.4 Å². The van der Waals surface area contributed by atoms with E-state index in [1.807, 2.05) is 42.5 Å². The van der Waals surface area contributed by atoms with Crippen LogP contribution in [0.4, 0.5) is 5.69 Å². The fraction of sp³-hybridized carbons (Fsp3) is 0.400. The summed E-state index contributed by atoms with van der Waals surface area (Å²) >= 11 is 5.96. The molecule has 1 aliphatic rings. The highest BCUT2D eigenvalue weighted by molar-refractivity contribution is 6.30. The Labute approximate surface area is 159 Å². The first-order chi connectivity index (χ1) is 12.6. The Morgan fingerprint density at radius 3 is 2.31 bits per heavy atom. The number of nitrogens with zero attached hydrogens (tertiary/aromatic N) is 2. The van der Waals surface area contributed by atoms with E-state index in [0.717, 1.165) is 36.8 Å². The summed E-state index contributed by atoms with van der Waals surface area (Å²) < 4.78 is 10.7. The third kappa shape index (κ3) is 4.41. The number of hydrogen-bond donors (Lipinski definition) is 1. The molecule has 140 valence electrons. The summed E-state index contributed by atoms with van der Waals surface area (Å²) in [6.45, 7) is 4.20. The Morgan fingerprint density at radius 2 is 1.69 bits per heavy atom. The smallest absolute Gasteiger partial charge is 0.124 e. The lowest BCUT2D eigenvalue weighted by Gasteiger charge is -2.37. The topological polar surface area (TPSA) is 45.2 Å². The quantitative estimate of drug-likeness (QED) is 0.838. The highest BCUT2D eigenvalue weighted by Gasteiger charge is 2.22. The fourth-order valence-corrected chi connectivity index (χ4v) is 3.41. The van der Waals surface area contributed by atoms with Crippen molar-refractivity contribution in [1.29, 1.82) is 0 Å². The van der Waals surface area contributed by atoms with Gasteiger partial charge < -0.3 is 19.5 Å². The highest BCUT2D eigenvalue weighted by atomic mass is 35.5. The zero-order chi connectivity index (χ0) is 18.5. The van der Waals surface area contributed by atoms with E-state index < -0.39 is 6.10 Å². The monoisotopic (exact) mass is 376 g/mol. The van der Waals surface area contributed by atoms with E-state index >= 15 is 0 Å². The number of hydrogen-bond acceptors (Lipinski definition) is 5. The van der Waals surface area contributed by atoms with Gasteiger partial charge >= 0.3 is 0 Å². The van der Waals surface area contributed by atoms with E-state index in [1.165, 1.54) is 5.69 Å². The Morgan fingerprint density at radius 1 is 1.00 bits per heavy atom. The number of aliphatic hydroxyl groups is 1. The zero-order valence-electron chi connectivity index (χ0n) is 15.2. The van der Waals surface area contributed by atoms with Gasteiger partial charge in [-0.2, -0.15) is 0 Å². The summed E-state index contributed by atoms with van der Waals surface area (Å²) in [5.74, 6) is 1.39. The van der Waals surface area contributed by atoms with Gasteiger partial charge in [0.05, 0.1) is 20.3 Å². The van der Waals surface area contributed by atoms with Gasteiger partial charge in [-0.05, 0) is 42.5 Å². The summed E-state index contributed by atoms with van der Waals surface area (Å²) in [5.41, 5.74) is 1.94. The molecule has 1 fully saturated rings. The maximum absolute atomic E-state index is 10.7. The minimum atomic E-state index is -0.623. The van der Waals surface area contributed by atoms with E-state index in [0.29, 0.717) is 18.0 Å². The van der Waals surface area contributed by atoms with Crippen LogP contribution >= 0.6 is 11.6 Å². The van der Waals surface area contributed by atoms with E-state index in [1.54, 1.807) is 14.2 Å². The SMILES string of the molecule is COc1ccc(OC)c([C@@H](O)CN2CCN(c3ccc(Cl)cc3)CC2)c1. The second-order valence-corrected chi connectivity index (χ2v) is 6.82. The number of methoxy groups -OCH3 is 2. The van der Waals surface area contributed by atoms with Crippen molar-refractivity contribution in [2.24, 2.45) is 0 Å². The first-order valence-corrected chi connectivity index (χ1v) is 9.11. The minimum Gasteiger partial charge on any atom is -0.497 e. The third-order valence-corrected chi connectivity index (χ3v) is 5.04. The Bertz CT molecular complexity index is 715. The maximum atomic E-state index is 10.7. The lowest BCUT2D eigenvalue weighted by molar-refractivity contribution is 0.107. The van der Waals surface area contributed by atoms with Crippen molar-refractivity contribution < 1.29 is 14.6 Å². The van der Waals surface area contributed by atoms with Gasteiger partial charge in [0.25, 0.3) is 0 Å². The molecule has 0 saturated carbocycles.